The van der Waals surface area contributed by atoms with Crippen LogP contribution in [0.1, 0.15) is 43.0 Å². The van der Waals surface area contributed by atoms with E-state index in [4.69, 9.17) is 4.74 Å². The number of carbonyl (C=O) groups is 3. The third kappa shape index (κ3) is 5.02. The molecule has 21 heavy (non-hydrogen) atoms. The third-order valence-electron chi connectivity index (χ3n) is 3.25. The molecule has 1 saturated carbocycles. The summed E-state index contributed by atoms with van der Waals surface area (Å²) >= 11 is 0. The lowest BCUT2D eigenvalue weighted by molar-refractivity contribution is -0.154. The SMILES string of the molecule is C[C@H](OC(=O)CCC(=O)c1ccccc1)C(=O)NC1CC1. The Labute approximate surface area is 123 Å². The van der Waals surface area contributed by atoms with Crippen molar-refractivity contribution in [3.8, 4) is 0 Å². The minimum atomic E-state index is -0.815. The summed E-state index contributed by atoms with van der Waals surface area (Å²) in [6.07, 6.45) is 1.22. The van der Waals surface area contributed by atoms with Crippen LogP contribution >= 0.6 is 0 Å². The van der Waals surface area contributed by atoms with Crippen LogP contribution in [0.25, 0.3) is 0 Å². The number of amides is 1. The van der Waals surface area contributed by atoms with Gasteiger partial charge in [-0.15, -0.1) is 0 Å². The molecule has 1 aromatic carbocycles. The average Bonchev–Trinajstić information content (AvgIpc) is 3.29. The molecule has 0 unspecified atom stereocenters. The second-order valence-corrected chi connectivity index (χ2v) is 5.20. The van der Waals surface area contributed by atoms with E-state index in [0.717, 1.165) is 12.8 Å². The molecule has 0 spiro atoms. The molecule has 0 aliphatic heterocycles. The zero-order chi connectivity index (χ0) is 15.2. The average molecular weight is 289 g/mol. The summed E-state index contributed by atoms with van der Waals surface area (Å²) in [7, 11) is 0. The number of Topliss-reactive ketones (excluding diaryl/α,β-unsaturated/α-hetero) is 1. The van der Waals surface area contributed by atoms with Crippen molar-refractivity contribution in [2.24, 2.45) is 0 Å². The lowest BCUT2D eigenvalue weighted by atomic mass is 10.1. The summed E-state index contributed by atoms with van der Waals surface area (Å²) in [5.74, 6) is -0.916. The first kappa shape index (κ1) is 15.2. The first-order valence-electron chi connectivity index (χ1n) is 7.14. The van der Waals surface area contributed by atoms with Gasteiger partial charge in [0, 0.05) is 18.0 Å². The van der Waals surface area contributed by atoms with E-state index in [0.29, 0.717) is 5.56 Å². The van der Waals surface area contributed by atoms with E-state index in [1.54, 1.807) is 24.3 Å². The Bertz CT molecular complexity index is 522. The van der Waals surface area contributed by atoms with Crippen LogP contribution in [0.5, 0.6) is 0 Å². The summed E-state index contributed by atoms with van der Waals surface area (Å²) in [4.78, 5) is 35.1. The van der Waals surface area contributed by atoms with Crippen molar-refractivity contribution in [1.82, 2.24) is 5.32 Å². The highest BCUT2D eigenvalue weighted by molar-refractivity contribution is 5.97. The van der Waals surface area contributed by atoms with Crippen LogP contribution in [-0.2, 0) is 14.3 Å². The quantitative estimate of drug-likeness (QED) is 0.614. The second-order valence-electron chi connectivity index (χ2n) is 5.20. The maximum absolute atomic E-state index is 11.8. The summed E-state index contributed by atoms with van der Waals surface area (Å²) in [5, 5.41) is 2.77. The molecule has 0 radical (unpaired) electrons. The Hall–Kier alpha value is -2.17. The number of ether oxygens (including phenoxy) is 1. The normalized spacial score (nSPS) is 15.1. The van der Waals surface area contributed by atoms with Crippen molar-refractivity contribution >= 4 is 17.7 Å². The van der Waals surface area contributed by atoms with Gasteiger partial charge in [0.05, 0.1) is 6.42 Å². The molecule has 0 saturated heterocycles. The zero-order valence-electron chi connectivity index (χ0n) is 12.0. The number of carbonyl (C=O) groups excluding carboxylic acids is 3. The fourth-order valence-electron chi connectivity index (χ4n) is 1.84. The molecule has 1 aliphatic carbocycles. The molecule has 1 aliphatic rings. The van der Waals surface area contributed by atoms with Crippen molar-refractivity contribution < 1.29 is 19.1 Å². The second kappa shape index (κ2) is 7.02. The highest BCUT2D eigenvalue weighted by atomic mass is 16.5. The highest BCUT2D eigenvalue weighted by Crippen LogP contribution is 2.18. The van der Waals surface area contributed by atoms with Crippen LogP contribution in [0, 0.1) is 0 Å². The van der Waals surface area contributed by atoms with E-state index >= 15 is 0 Å². The van der Waals surface area contributed by atoms with Crippen molar-refractivity contribution in [2.75, 3.05) is 0 Å². The molecule has 5 nitrogen and oxygen atoms in total. The number of benzene rings is 1. The number of ketones is 1. The van der Waals surface area contributed by atoms with Crippen LogP contribution in [-0.4, -0.2) is 29.8 Å². The Balaban J connectivity index is 1.71. The highest BCUT2D eigenvalue weighted by Gasteiger charge is 2.27. The summed E-state index contributed by atoms with van der Waals surface area (Å²) in [6, 6.07) is 9.02. The molecule has 1 N–H and O–H groups in total. The van der Waals surface area contributed by atoms with Crippen LogP contribution in [0.4, 0.5) is 0 Å². The minimum Gasteiger partial charge on any atom is -0.453 e. The Morgan fingerprint density at radius 1 is 1.19 bits per heavy atom. The molecule has 1 fully saturated rings. The number of esters is 1. The third-order valence-corrected chi connectivity index (χ3v) is 3.25. The van der Waals surface area contributed by atoms with Crippen LogP contribution in [0.3, 0.4) is 0 Å². The fraction of sp³-hybridized carbons (Fsp3) is 0.438. The van der Waals surface area contributed by atoms with Gasteiger partial charge in [-0.2, -0.15) is 0 Å². The lowest BCUT2D eigenvalue weighted by Gasteiger charge is -2.12. The Kier molecular flexibility index (Phi) is 5.09. The van der Waals surface area contributed by atoms with Gasteiger partial charge < -0.3 is 10.1 Å². The lowest BCUT2D eigenvalue weighted by Crippen LogP contribution is -2.37. The van der Waals surface area contributed by atoms with Crippen molar-refractivity contribution in [2.45, 2.75) is 44.8 Å². The van der Waals surface area contributed by atoms with Crippen LogP contribution < -0.4 is 5.32 Å². The van der Waals surface area contributed by atoms with Gasteiger partial charge in [0.25, 0.3) is 5.91 Å². The predicted octanol–water partition coefficient (Wildman–Crippen LogP) is 1.86. The van der Waals surface area contributed by atoms with Crippen LogP contribution in [0.15, 0.2) is 30.3 Å². The van der Waals surface area contributed by atoms with E-state index in [-0.39, 0.29) is 30.6 Å². The van der Waals surface area contributed by atoms with E-state index in [9.17, 15) is 14.4 Å². The van der Waals surface area contributed by atoms with Crippen molar-refractivity contribution in [3.63, 3.8) is 0 Å². The van der Waals surface area contributed by atoms with E-state index in [2.05, 4.69) is 5.32 Å². The Morgan fingerprint density at radius 3 is 2.48 bits per heavy atom. The van der Waals surface area contributed by atoms with Crippen LogP contribution in [0.2, 0.25) is 0 Å². The number of hydrogen-bond acceptors (Lipinski definition) is 4. The van der Waals surface area contributed by atoms with Gasteiger partial charge >= 0.3 is 5.97 Å². The molecule has 0 bridgehead atoms. The molecule has 112 valence electrons. The number of rotatable bonds is 7. The van der Waals surface area contributed by atoms with Gasteiger partial charge in [0.2, 0.25) is 0 Å². The van der Waals surface area contributed by atoms with Gasteiger partial charge in [-0.1, -0.05) is 30.3 Å². The van der Waals surface area contributed by atoms with Crippen molar-refractivity contribution in [3.05, 3.63) is 35.9 Å². The fourth-order valence-corrected chi connectivity index (χ4v) is 1.84. The molecule has 1 amide bonds. The van der Waals surface area contributed by atoms with Gasteiger partial charge in [0.15, 0.2) is 11.9 Å². The molecule has 1 aromatic rings. The standard InChI is InChI=1S/C16H19NO4/c1-11(16(20)17-13-7-8-13)21-15(19)10-9-14(18)12-5-3-2-4-6-12/h2-6,11,13H,7-10H2,1H3,(H,17,20)/t11-/m0/s1. The molecular formula is C16H19NO4. The molecule has 0 heterocycles. The summed E-state index contributed by atoms with van der Waals surface area (Å²) in [6.45, 7) is 1.54. The molecular weight excluding hydrogens is 270 g/mol. The maximum atomic E-state index is 11.8. The summed E-state index contributed by atoms with van der Waals surface area (Å²) in [5.41, 5.74) is 0.574. The van der Waals surface area contributed by atoms with Gasteiger partial charge in [-0.25, -0.2) is 0 Å². The molecule has 2 rings (SSSR count). The monoisotopic (exact) mass is 289 g/mol. The van der Waals surface area contributed by atoms with Gasteiger partial charge in [-0.3, -0.25) is 14.4 Å². The number of nitrogens with one attached hydrogen (secondary N) is 1. The topological polar surface area (TPSA) is 72.5 Å². The molecule has 0 aromatic heterocycles. The minimum absolute atomic E-state index is 0.0191. The zero-order valence-corrected chi connectivity index (χ0v) is 12.0. The van der Waals surface area contributed by atoms with E-state index in [1.165, 1.54) is 6.92 Å². The molecule has 1 atom stereocenters. The maximum Gasteiger partial charge on any atom is 0.307 e. The predicted molar refractivity (Wildman–Crippen MR) is 76.7 cm³/mol. The first-order chi connectivity index (χ1) is 10.1. The largest absolute Gasteiger partial charge is 0.453 e. The van der Waals surface area contributed by atoms with E-state index < -0.39 is 12.1 Å². The number of hydrogen-bond donors (Lipinski definition) is 1. The Morgan fingerprint density at radius 2 is 1.86 bits per heavy atom. The van der Waals surface area contributed by atoms with Gasteiger partial charge in [0.1, 0.15) is 0 Å². The first-order valence-corrected chi connectivity index (χ1v) is 7.14. The summed E-state index contributed by atoms with van der Waals surface area (Å²) < 4.78 is 5.02. The van der Waals surface area contributed by atoms with E-state index in [1.807, 2.05) is 6.07 Å². The smallest absolute Gasteiger partial charge is 0.307 e. The van der Waals surface area contributed by atoms with Crippen molar-refractivity contribution in [1.29, 1.82) is 0 Å². The van der Waals surface area contributed by atoms with Gasteiger partial charge in [-0.05, 0) is 19.8 Å². The molecule has 5 heteroatoms.